The van der Waals surface area contributed by atoms with Crippen molar-refractivity contribution in [1.82, 2.24) is 10.2 Å². The van der Waals surface area contributed by atoms with E-state index in [-0.39, 0.29) is 17.9 Å². The summed E-state index contributed by atoms with van der Waals surface area (Å²) in [5, 5.41) is 3.11. The van der Waals surface area contributed by atoms with Gasteiger partial charge in [-0.05, 0) is 18.2 Å². The summed E-state index contributed by atoms with van der Waals surface area (Å²) in [5.74, 6) is -0.141. The SMILES string of the molecule is CC(=O)N1CCN(c2ccc(N3C[C@H](CNC(=S)C(C)C)OC3=O)cc2F)CC1. The lowest BCUT2D eigenvalue weighted by Crippen LogP contribution is -2.48. The zero-order valence-corrected chi connectivity index (χ0v) is 17.8. The van der Waals surface area contributed by atoms with E-state index in [0.717, 1.165) is 4.99 Å². The molecule has 0 unspecified atom stereocenters. The predicted molar refractivity (Wildman–Crippen MR) is 114 cm³/mol. The highest BCUT2D eigenvalue weighted by Gasteiger charge is 2.33. The van der Waals surface area contributed by atoms with E-state index in [0.29, 0.717) is 50.6 Å². The van der Waals surface area contributed by atoms with E-state index in [4.69, 9.17) is 17.0 Å². The molecule has 0 spiro atoms. The average molecular weight is 423 g/mol. The van der Waals surface area contributed by atoms with Crippen LogP contribution in [-0.4, -0.2) is 67.3 Å². The molecule has 1 aromatic carbocycles. The molecule has 3 rings (SSSR count). The molecule has 0 aromatic heterocycles. The van der Waals surface area contributed by atoms with Crippen LogP contribution in [-0.2, 0) is 9.53 Å². The minimum atomic E-state index is -0.491. The van der Waals surface area contributed by atoms with E-state index in [9.17, 15) is 14.0 Å². The molecule has 2 saturated heterocycles. The Morgan fingerprint density at radius 1 is 1.31 bits per heavy atom. The van der Waals surface area contributed by atoms with Crippen molar-refractivity contribution in [3.8, 4) is 0 Å². The standard InChI is InChI=1S/C20H27FN4O3S/c1-13(2)19(29)22-11-16-12-25(20(27)28-16)15-4-5-18(17(21)10-15)24-8-6-23(7-9-24)14(3)26/h4-5,10,13,16H,6-9,11-12H2,1-3H3,(H,22,29)/t16-/m0/s1. The van der Waals surface area contributed by atoms with Gasteiger partial charge in [-0.1, -0.05) is 26.1 Å². The van der Waals surface area contributed by atoms with Crippen molar-refractivity contribution in [2.24, 2.45) is 5.92 Å². The summed E-state index contributed by atoms with van der Waals surface area (Å²) < 4.78 is 20.2. The lowest BCUT2D eigenvalue weighted by atomic mass is 10.2. The first-order chi connectivity index (χ1) is 13.8. The third-order valence-corrected chi connectivity index (χ3v) is 5.83. The minimum absolute atomic E-state index is 0.0335. The molecule has 1 aromatic rings. The van der Waals surface area contributed by atoms with E-state index >= 15 is 0 Å². The van der Waals surface area contributed by atoms with Crippen molar-refractivity contribution in [3.63, 3.8) is 0 Å². The van der Waals surface area contributed by atoms with Gasteiger partial charge in [-0.25, -0.2) is 9.18 Å². The van der Waals surface area contributed by atoms with E-state index in [1.54, 1.807) is 24.0 Å². The van der Waals surface area contributed by atoms with Gasteiger partial charge in [-0.15, -0.1) is 0 Å². The number of hydrogen-bond acceptors (Lipinski definition) is 5. The first-order valence-corrected chi connectivity index (χ1v) is 10.2. The maximum atomic E-state index is 14.8. The zero-order chi connectivity index (χ0) is 21.1. The van der Waals surface area contributed by atoms with Crippen LogP contribution in [0.2, 0.25) is 0 Å². The second kappa shape index (κ2) is 8.94. The van der Waals surface area contributed by atoms with E-state index in [1.165, 1.54) is 11.0 Å². The number of benzene rings is 1. The number of nitrogens with zero attached hydrogens (tertiary/aromatic N) is 3. The molecular weight excluding hydrogens is 395 g/mol. The quantitative estimate of drug-likeness (QED) is 0.735. The normalized spacial score (nSPS) is 19.6. The number of nitrogens with one attached hydrogen (secondary N) is 1. The fourth-order valence-electron chi connectivity index (χ4n) is 3.44. The number of rotatable bonds is 5. The molecule has 7 nitrogen and oxygen atoms in total. The van der Waals surface area contributed by atoms with Gasteiger partial charge in [0, 0.05) is 39.0 Å². The number of thiocarbonyl (C=S) groups is 1. The largest absolute Gasteiger partial charge is 0.442 e. The first-order valence-electron chi connectivity index (χ1n) is 9.82. The minimum Gasteiger partial charge on any atom is -0.442 e. The molecule has 2 aliphatic rings. The Kier molecular flexibility index (Phi) is 6.56. The molecule has 29 heavy (non-hydrogen) atoms. The first kappa shape index (κ1) is 21.3. The Morgan fingerprint density at radius 2 is 2.00 bits per heavy atom. The Balaban J connectivity index is 1.62. The second-order valence-electron chi connectivity index (χ2n) is 7.65. The number of piperazine rings is 1. The number of anilines is 2. The fraction of sp³-hybridized carbons (Fsp3) is 0.550. The van der Waals surface area contributed by atoms with Gasteiger partial charge in [0.15, 0.2) is 0 Å². The molecule has 2 heterocycles. The summed E-state index contributed by atoms with van der Waals surface area (Å²) in [6, 6.07) is 4.77. The van der Waals surface area contributed by atoms with Crippen molar-refractivity contribution in [3.05, 3.63) is 24.0 Å². The number of carbonyl (C=O) groups is 2. The third-order valence-electron chi connectivity index (χ3n) is 5.21. The Hall–Kier alpha value is -2.42. The Labute approximate surface area is 175 Å². The van der Waals surface area contributed by atoms with Gasteiger partial charge in [0.2, 0.25) is 5.91 Å². The number of carbonyl (C=O) groups excluding carboxylic acids is 2. The van der Waals surface area contributed by atoms with E-state index < -0.39 is 11.9 Å². The molecule has 2 aliphatic heterocycles. The maximum Gasteiger partial charge on any atom is 0.414 e. The number of hydrogen-bond donors (Lipinski definition) is 1. The van der Waals surface area contributed by atoms with Gasteiger partial charge in [0.05, 0.1) is 29.5 Å². The average Bonchev–Trinajstić information content (AvgIpc) is 3.06. The molecule has 1 atom stereocenters. The Bertz CT molecular complexity index is 796. The molecule has 9 heteroatoms. The molecule has 0 saturated carbocycles. The number of ether oxygens (including phenoxy) is 1. The van der Waals surface area contributed by atoms with Crippen LogP contribution in [0.25, 0.3) is 0 Å². The molecule has 0 aliphatic carbocycles. The molecule has 2 amide bonds. The van der Waals surface area contributed by atoms with Crippen LogP contribution in [0.5, 0.6) is 0 Å². The highest BCUT2D eigenvalue weighted by molar-refractivity contribution is 7.80. The van der Waals surface area contributed by atoms with Crippen molar-refractivity contribution in [2.75, 3.05) is 49.1 Å². The summed E-state index contributed by atoms with van der Waals surface area (Å²) in [6.07, 6.45) is -0.837. The number of cyclic esters (lactones) is 1. The highest BCUT2D eigenvalue weighted by atomic mass is 32.1. The van der Waals surface area contributed by atoms with Gasteiger partial charge in [-0.3, -0.25) is 9.69 Å². The second-order valence-corrected chi connectivity index (χ2v) is 8.08. The van der Waals surface area contributed by atoms with Crippen LogP contribution in [0, 0.1) is 11.7 Å². The summed E-state index contributed by atoms with van der Waals surface area (Å²) in [5.41, 5.74) is 0.942. The monoisotopic (exact) mass is 422 g/mol. The van der Waals surface area contributed by atoms with Crippen molar-refractivity contribution < 1.29 is 18.7 Å². The molecule has 2 fully saturated rings. The van der Waals surface area contributed by atoms with Gasteiger partial charge in [0.25, 0.3) is 0 Å². The summed E-state index contributed by atoms with van der Waals surface area (Å²) in [7, 11) is 0. The zero-order valence-electron chi connectivity index (χ0n) is 17.0. The lowest BCUT2D eigenvalue weighted by molar-refractivity contribution is -0.129. The van der Waals surface area contributed by atoms with Crippen LogP contribution in [0.3, 0.4) is 0 Å². The van der Waals surface area contributed by atoms with Gasteiger partial charge < -0.3 is 19.9 Å². The van der Waals surface area contributed by atoms with Crippen LogP contribution in [0.1, 0.15) is 20.8 Å². The van der Waals surface area contributed by atoms with Crippen LogP contribution in [0.15, 0.2) is 18.2 Å². The van der Waals surface area contributed by atoms with Crippen LogP contribution < -0.4 is 15.1 Å². The lowest BCUT2D eigenvalue weighted by Gasteiger charge is -2.35. The van der Waals surface area contributed by atoms with Crippen molar-refractivity contribution >= 4 is 40.6 Å². The number of halogens is 1. The summed E-state index contributed by atoms with van der Waals surface area (Å²) in [6.45, 7) is 8.58. The van der Waals surface area contributed by atoms with E-state index in [2.05, 4.69) is 5.32 Å². The van der Waals surface area contributed by atoms with Crippen molar-refractivity contribution in [2.45, 2.75) is 26.9 Å². The van der Waals surface area contributed by atoms with Gasteiger partial charge >= 0.3 is 6.09 Å². The summed E-state index contributed by atoms with van der Waals surface area (Å²) in [4.78, 5) is 29.5. The van der Waals surface area contributed by atoms with Crippen LogP contribution in [0.4, 0.5) is 20.6 Å². The smallest absolute Gasteiger partial charge is 0.414 e. The topological polar surface area (TPSA) is 65.1 Å². The Morgan fingerprint density at radius 3 is 2.59 bits per heavy atom. The third kappa shape index (κ3) is 4.95. The van der Waals surface area contributed by atoms with Crippen molar-refractivity contribution in [1.29, 1.82) is 0 Å². The molecule has 0 bridgehead atoms. The molecule has 158 valence electrons. The summed E-state index contributed by atoms with van der Waals surface area (Å²) >= 11 is 5.24. The molecule has 0 radical (unpaired) electrons. The molecule has 1 N–H and O–H groups in total. The number of amides is 2. The fourth-order valence-corrected chi connectivity index (χ4v) is 3.52. The highest BCUT2D eigenvalue weighted by Crippen LogP contribution is 2.28. The maximum absolute atomic E-state index is 14.8. The van der Waals surface area contributed by atoms with E-state index in [1.807, 2.05) is 18.7 Å². The van der Waals surface area contributed by atoms with Gasteiger partial charge in [-0.2, -0.15) is 0 Å². The van der Waals surface area contributed by atoms with Crippen LogP contribution >= 0.6 is 12.2 Å². The van der Waals surface area contributed by atoms with Gasteiger partial charge in [0.1, 0.15) is 11.9 Å². The molecular formula is C20H27FN4O3S. The predicted octanol–water partition coefficient (Wildman–Crippen LogP) is 2.39.